The maximum Gasteiger partial charge on any atom is 0.128 e. The topological polar surface area (TPSA) is 37.3 Å². The van der Waals surface area contributed by atoms with E-state index in [2.05, 4.69) is 54.9 Å². The summed E-state index contributed by atoms with van der Waals surface area (Å²) in [5.74, 6) is 0.976. The second-order valence-corrected chi connectivity index (χ2v) is 7.09. The summed E-state index contributed by atoms with van der Waals surface area (Å²) in [4.78, 5) is 4.44. The molecule has 2 aromatic carbocycles. The van der Waals surface area contributed by atoms with E-state index < -0.39 is 0 Å². The minimum atomic E-state index is 0.711. The highest BCUT2D eigenvalue weighted by atomic mass is 79.9. The first kappa shape index (κ1) is 14.2. The predicted molar refractivity (Wildman–Crippen MR) is 97.2 cm³/mol. The van der Waals surface area contributed by atoms with E-state index >= 15 is 0 Å². The minimum absolute atomic E-state index is 0.711. The number of halogens is 2. The van der Waals surface area contributed by atoms with E-state index in [0.717, 1.165) is 50.3 Å². The Balaban J connectivity index is 1.77. The van der Waals surface area contributed by atoms with Crippen LogP contribution in [0.25, 0.3) is 21.3 Å². The summed E-state index contributed by atoms with van der Waals surface area (Å²) in [5, 5.41) is 5.11. The van der Waals surface area contributed by atoms with Crippen LogP contribution >= 0.6 is 39.1 Å². The van der Waals surface area contributed by atoms with Crippen LogP contribution in [0.15, 0.2) is 45.9 Å². The Morgan fingerprint density at radius 1 is 1.14 bits per heavy atom. The zero-order chi connectivity index (χ0) is 15.1. The van der Waals surface area contributed by atoms with Gasteiger partial charge >= 0.3 is 0 Å². The van der Waals surface area contributed by atoms with Gasteiger partial charge in [0.05, 0.1) is 22.0 Å². The summed E-state index contributed by atoms with van der Waals surface area (Å²) >= 11 is 11.1. The van der Waals surface area contributed by atoms with Crippen molar-refractivity contribution < 1.29 is 0 Å². The van der Waals surface area contributed by atoms with Crippen LogP contribution in [-0.2, 0) is 0 Å². The molecule has 0 unspecified atom stereocenters. The summed E-state index contributed by atoms with van der Waals surface area (Å²) in [5.41, 5.74) is 3.21. The molecule has 1 aromatic heterocycles. The van der Waals surface area contributed by atoms with Crippen LogP contribution in [-0.4, -0.2) is 23.3 Å². The lowest BCUT2D eigenvalue weighted by Gasteiger charge is -2.04. The molecule has 22 heavy (non-hydrogen) atoms. The normalized spacial score (nSPS) is 14.2. The highest BCUT2D eigenvalue weighted by molar-refractivity contribution is 9.10. The van der Waals surface area contributed by atoms with Crippen LogP contribution in [0.4, 0.5) is 0 Å². The van der Waals surface area contributed by atoms with Crippen molar-refractivity contribution in [3.05, 3.63) is 51.5 Å². The summed E-state index contributed by atoms with van der Waals surface area (Å²) in [6.07, 6.45) is 0. The Kier molecular flexibility index (Phi) is 3.64. The molecule has 0 fully saturated rings. The standard InChI is InChI=1S/C16H11BrClN3S/c17-12-7-11-14(8-13(12)18)22-21-15(11)9-1-3-10(4-2-9)16-19-5-6-20-16/h1-4,7-8H,5-6H2,(H,19,20). The zero-order valence-electron chi connectivity index (χ0n) is 11.4. The van der Waals surface area contributed by atoms with E-state index in [9.17, 15) is 0 Å². The lowest BCUT2D eigenvalue weighted by molar-refractivity contribution is 0.960. The van der Waals surface area contributed by atoms with Crippen LogP contribution in [0.5, 0.6) is 0 Å². The molecule has 6 heteroatoms. The molecule has 4 rings (SSSR count). The van der Waals surface area contributed by atoms with Gasteiger partial charge in [0.25, 0.3) is 0 Å². The minimum Gasteiger partial charge on any atom is -0.368 e. The van der Waals surface area contributed by atoms with Gasteiger partial charge in [0, 0.05) is 27.5 Å². The third-order valence-electron chi connectivity index (χ3n) is 3.62. The molecule has 0 aliphatic carbocycles. The summed E-state index contributed by atoms with van der Waals surface area (Å²) in [6.45, 7) is 1.77. The summed E-state index contributed by atoms with van der Waals surface area (Å²) in [6, 6.07) is 12.3. The fraction of sp³-hybridized carbons (Fsp3) is 0.125. The van der Waals surface area contributed by atoms with Gasteiger partial charge in [0.15, 0.2) is 0 Å². The van der Waals surface area contributed by atoms with E-state index in [0.29, 0.717) is 5.02 Å². The van der Waals surface area contributed by atoms with E-state index in [1.807, 2.05) is 12.1 Å². The molecule has 3 nitrogen and oxygen atoms in total. The Labute approximate surface area is 145 Å². The molecule has 0 saturated carbocycles. The highest BCUT2D eigenvalue weighted by Gasteiger charge is 2.12. The molecule has 0 bridgehead atoms. The lowest BCUT2D eigenvalue weighted by Crippen LogP contribution is -2.19. The van der Waals surface area contributed by atoms with Gasteiger partial charge in [-0.3, -0.25) is 4.99 Å². The molecule has 110 valence electrons. The van der Waals surface area contributed by atoms with Crippen molar-refractivity contribution in [2.24, 2.45) is 4.99 Å². The van der Waals surface area contributed by atoms with Crippen LogP contribution in [0.2, 0.25) is 5.02 Å². The van der Waals surface area contributed by atoms with Gasteiger partial charge in [-0.15, -0.1) is 0 Å². The maximum absolute atomic E-state index is 6.15. The monoisotopic (exact) mass is 391 g/mol. The van der Waals surface area contributed by atoms with Gasteiger partial charge in [-0.1, -0.05) is 35.9 Å². The number of hydrogen-bond donors (Lipinski definition) is 1. The molecule has 0 spiro atoms. The fourth-order valence-corrected chi connectivity index (χ4v) is 3.91. The van der Waals surface area contributed by atoms with Crippen LogP contribution in [0, 0.1) is 0 Å². The first-order valence-corrected chi connectivity index (χ1v) is 8.80. The highest BCUT2D eigenvalue weighted by Crippen LogP contribution is 2.36. The van der Waals surface area contributed by atoms with Crippen LogP contribution < -0.4 is 5.32 Å². The molecule has 0 atom stereocenters. The molecule has 1 aliphatic heterocycles. The SMILES string of the molecule is Clc1cc2snc(-c3ccc(C4=NCCN4)cc3)c2cc1Br. The number of aromatic nitrogens is 1. The molecule has 2 heterocycles. The van der Waals surface area contributed by atoms with E-state index in [4.69, 9.17) is 11.6 Å². The first-order valence-electron chi connectivity index (χ1n) is 6.86. The van der Waals surface area contributed by atoms with Gasteiger partial charge < -0.3 is 5.32 Å². The van der Waals surface area contributed by atoms with Gasteiger partial charge in [-0.05, 0) is 39.6 Å². The van der Waals surface area contributed by atoms with Gasteiger partial charge in [-0.2, -0.15) is 4.37 Å². The van der Waals surface area contributed by atoms with Crippen molar-refractivity contribution >= 4 is 55.0 Å². The van der Waals surface area contributed by atoms with Crippen molar-refractivity contribution in [3.63, 3.8) is 0 Å². The quantitative estimate of drug-likeness (QED) is 0.684. The number of rotatable bonds is 2. The molecule has 0 saturated heterocycles. The number of amidine groups is 1. The average Bonchev–Trinajstić information content (AvgIpc) is 3.18. The zero-order valence-corrected chi connectivity index (χ0v) is 14.6. The van der Waals surface area contributed by atoms with Crippen LogP contribution in [0.3, 0.4) is 0 Å². The summed E-state index contributed by atoms with van der Waals surface area (Å²) in [7, 11) is 0. The first-order chi connectivity index (χ1) is 10.7. The molecule has 0 radical (unpaired) electrons. The van der Waals surface area contributed by atoms with E-state index in [1.165, 1.54) is 11.5 Å². The fourth-order valence-electron chi connectivity index (χ4n) is 2.52. The maximum atomic E-state index is 6.15. The predicted octanol–water partition coefficient (Wildman–Crippen LogP) is 4.73. The number of aliphatic imine (C=N–C) groups is 1. The van der Waals surface area contributed by atoms with Crippen molar-refractivity contribution in [3.8, 4) is 11.3 Å². The Morgan fingerprint density at radius 3 is 2.64 bits per heavy atom. The number of nitrogens with zero attached hydrogens (tertiary/aromatic N) is 2. The molecule has 1 N–H and O–H groups in total. The van der Waals surface area contributed by atoms with Gasteiger partial charge in [0.2, 0.25) is 0 Å². The van der Waals surface area contributed by atoms with Crippen molar-refractivity contribution in [2.75, 3.05) is 13.1 Å². The Bertz CT molecular complexity index is 886. The van der Waals surface area contributed by atoms with Gasteiger partial charge in [0.1, 0.15) is 5.84 Å². The lowest BCUT2D eigenvalue weighted by atomic mass is 10.1. The number of fused-ring (bicyclic) bond motifs is 1. The second kappa shape index (κ2) is 5.65. The summed E-state index contributed by atoms with van der Waals surface area (Å²) < 4.78 is 6.58. The smallest absolute Gasteiger partial charge is 0.128 e. The second-order valence-electron chi connectivity index (χ2n) is 5.03. The van der Waals surface area contributed by atoms with Crippen molar-refractivity contribution in [1.82, 2.24) is 9.69 Å². The molecular formula is C16H11BrClN3S. The molecule has 1 aliphatic rings. The van der Waals surface area contributed by atoms with Crippen LogP contribution in [0.1, 0.15) is 5.56 Å². The number of hydrogen-bond acceptors (Lipinski definition) is 4. The van der Waals surface area contributed by atoms with E-state index in [-0.39, 0.29) is 0 Å². The van der Waals surface area contributed by atoms with Crippen molar-refractivity contribution in [2.45, 2.75) is 0 Å². The van der Waals surface area contributed by atoms with Gasteiger partial charge in [-0.25, -0.2) is 0 Å². The Morgan fingerprint density at radius 2 is 1.91 bits per heavy atom. The largest absolute Gasteiger partial charge is 0.368 e. The molecular weight excluding hydrogens is 382 g/mol. The number of nitrogens with one attached hydrogen (secondary N) is 1. The molecule has 0 amide bonds. The van der Waals surface area contributed by atoms with Crippen molar-refractivity contribution in [1.29, 1.82) is 0 Å². The van der Waals surface area contributed by atoms with E-state index in [1.54, 1.807) is 0 Å². The third kappa shape index (κ3) is 2.43. The third-order valence-corrected chi connectivity index (χ3v) is 5.62. The Hall–Kier alpha value is -1.43. The average molecular weight is 393 g/mol. The number of benzene rings is 2. The molecule has 3 aromatic rings.